The number of halogens is 1. The van der Waals surface area contributed by atoms with Crippen LogP contribution in [0.2, 0.25) is 0 Å². The summed E-state index contributed by atoms with van der Waals surface area (Å²) in [6.07, 6.45) is 2.96. The van der Waals surface area contributed by atoms with Crippen LogP contribution < -0.4 is 0 Å². The molecule has 1 N–H and O–H groups in total. The molecule has 0 radical (unpaired) electrons. The van der Waals surface area contributed by atoms with E-state index < -0.39 is 83.1 Å². The van der Waals surface area contributed by atoms with Gasteiger partial charge in [0.2, 0.25) is 0 Å². The van der Waals surface area contributed by atoms with E-state index in [1.807, 2.05) is 48.7 Å². The average Bonchev–Trinajstić information content (AvgIpc) is 3.81. The first-order chi connectivity index (χ1) is 28.2. The SMILES string of the molecule is CC[C@H]1OC(=O)[C@@](C)(F)C(=O)C(C)[C@@H](O[C@@H]2O[C@H](C)C[C@H](N(C)CC)[C@H]2O)[C@](C)(OC)C[C@@H](C)C(=O)[C@H](C)[C@H]2N(CCCCn3cnc(-c4cccnc4)c3)C(=O)O[C@]12C. The van der Waals surface area contributed by atoms with Crippen LogP contribution in [0.5, 0.6) is 0 Å². The number of imidazole rings is 1. The summed E-state index contributed by atoms with van der Waals surface area (Å²) in [7, 11) is 3.29. The van der Waals surface area contributed by atoms with Crippen LogP contribution in [0.3, 0.4) is 0 Å². The quantitative estimate of drug-likeness (QED) is 0.164. The summed E-state index contributed by atoms with van der Waals surface area (Å²) in [5.41, 5.74) is -4.54. The van der Waals surface area contributed by atoms with Gasteiger partial charge in [-0.1, -0.05) is 34.6 Å². The summed E-state index contributed by atoms with van der Waals surface area (Å²) >= 11 is 0. The topological polar surface area (TPSA) is 172 Å². The predicted molar refractivity (Wildman–Crippen MR) is 219 cm³/mol. The minimum atomic E-state index is -3.18. The summed E-state index contributed by atoms with van der Waals surface area (Å²) in [4.78, 5) is 69.0. The first-order valence-corrected chi connectivity index (χ1v) is 21.4. The third-order valence-electron chi connectivity index (χ3n) is 13.2. The summed E-state index contributed by atoms with van der Waals surface area (Å²) in [6, 6.07) is 2.50. The highest BCUT2D eigenvalue weighted by atomic mass is 19.1. The van der Waals surface area contributed by atoms with Gasteiger partial charge in [-0.05, 0) is 85.5 Å². The molecule has 3 fully saturated rings. The summed E-state index contributed by atoms with van der Waals surface area (Å²) in [5.74, 6) is -5.78. The molecule has 15 nitrogen and oxygen atoms in total. The number of pyridine rings is 1. The van der Waals surface area contributed by atoms with Gasteiger partial charge in [0.1, 0.15) is 18.0 Å². The van der Waals surface area contributed by atoms with Gasteiger partial charge in [-0.2, -0.15) is 0 Å². The lowest BCUT2D eigenvalue weighted by molar-refractivity contribution is -0.296. The molecule has 60 heavy (non-hydrogen) atoms. The second kappa shape index (κ2) is 19.1. The molecule has 2 aromatic heterocycles. The second-order valence-electron chi connectivity index (χ2n) is 17.6. The number of amides is 1. The molecule has 5 heterocycles. The third-order valence-corrected chi connectivity index (χ3v) is 13.2. The predicted octanol–water partition coefficient (Wildman–Crippen LogP) is 5.41. The number of Topliss-reactive ketones (excluding diaryl/α,β-unsaturated/α-hetero) is 2. The lowest BCUT2D eigenvalue weighted by Crippen LogP contribution is -2.62. The number of hydrogen-bond donors (Lipinski definition) is 1. The molecule has 0 aromatic carbocycles. The molecule has 0 saturated carbocycles. The number of hydrogen-bond acceptors (Lipinski definition) is 13. The summed E-state index contributed by atoms with van der Waals surface area (Å²) in [5, 5.41) is 11.5. The molecule has 5 rings (SSSR count). The number of ketones is 2. The van der Waals surface area contributed by atoms with E-state index in [4.69, 9.17) is 23.7 Å². The Morgan fingerprint density at radius 3 is 2.38 bits per heavy atom. The average molecular weight is 844 g/mol. The molecule has 2 aromatic rings. The number of unbranched alkanes of at least 4 members (excludes halogenated alkanes) is 1. The second-order valence-corrected chi connectivity index (χ2v) is 17.6. The van der Waals surface area contributed by atoms with Crippen molar-refractivity contribution in [3.05, 3.63) is 37.1 Å². The summed E-state index contributed by atoms with van der Waals surface area (Å²) < 4.78 is 49.6. The van der Waals surface area contributed by atoms with Crippen molar-refractivity contribution in [3.8, 4) is 11.3 Å². The van der Waals surface area contributed by atoms with Crippen molar-refractivity contribution >= 4 is 23.6 Å². The molecule has 3 aliphatic heterocycles. The van der Waals surface area contributed by atoms with Gasteiger partial charge >= 0.3 is 12.1 Å². The fraction of sp³-hybridized carbons (Fsp3) is 0.727. The standard InChI is InChI=1S/C44H66FN5O10/c1-12-33-44(9)36(50(41(55)60-44)20-15-14-19-49-24-31(47-25-49)30-17-16-18-46-23-30)28(5)34(51)26(3)22-42(7,56-11)38(29(6)37(53)43(8,45)40(54)58-33)59-39-35(52)32(48(10)13-2)21-27(4)57-39/h16-18,23-29,32-33,35-36,38-39,52H,12-15,19-22H2,1-11H3/t26-,27-,28+,29?,32+,33-,35-,36-,38-,39+,42-,43+,44-/m1/s1. The zero-order valence-electron chi connectivity index (χ0n) is 37.1. The number of alkyl halides is 1. The smallest absolute Gasteiger partial charge is 0.410 e. The van der Waals surface area contributed by atoms with Crippen LogP contribution in [0.25, 0.3) is 11.3 Å². The molecule has 334 valence electrons. The third kappa shape index (κ3) is 9.47. The van der Waals surface area contributed by atoms with E-state index in [1.165, 1.54) is 18.9 Å². The van der Waals surface area contributed by atoms with Crippen molar-refractivity contribution in [2.24, 2.45) is 17.8 Å². The van der Waals surface area contributed by atoms with Gasteiger partial charge in [0.05, 0.1) is 35.9 Å². The van der Waals surface area contributed by atoms with Crippen LogP contribution in [-0.2, 0) is 44.6 Å². The van der Waals surface area contributed by atoms with Crippen LogP contribution in [0.1, 0.15) is 94.4 Å². The van der Waals surface area contributed by atoms with Crippen molar-refractivity contribution in [3.63, 3.8) is 0 Å². The van der Waals surface area contributed by atoms with Crippen molar-refractivity contribution in [1.82, 2.24) is 24.3 Å². The van der Waals surface area contributed by atoms with E-state index in [9.17, 15) is 24.3 Å². The van der Waals surface area contributed by atoms with E-state index in [-0.39, 0.29) is 37.3 Å². The number of aryl methyl sites for hydroxylation is 1. The Hall–Kier alpha value is -3.83. The number of esters is 1. The number of carbonyl (C=O) groups is 4. The van der Waals surface area contributed by atoms with Crippen molar-refractivity contribution in [2.45, 2.75) is 161 Å². The zero-order chi connectivity index (χ0) is 44.3. The number of aliphatic hydroxyl groups excluding tert-OH is 1. The number of aliphatic hydroxyl groups is 1. The molecule has 0 bridgehead atoms. The van der Waals surface area contributed by atoms with Gasteiger partial charge in [0.25, 0.3) is 5.67 Å². The van der Waals surface area contributed by atoms with Crippen LogP contribution in [0.15, 0.2) is 37.1 Å². The lowest BCUT2D eigenvalue weighted by Gasteiger charge is -2.47. The highest BCUT2D eigenvalue weighted by molar-refractivity contribution is 6.08. The fourth-order valence-electron chi connectivity index (χ4n) is 9.59. The van der Waals surface area contributed by atoms with E-state index in [0.29, 0.717) is 32.4 Å². The number of ether oxygens (including phenoxy) is 5. The number of methoxy groups -OCH3 is 1. The Bertz CT molecular complexity index is 1810. The molecular weight excluding hydrogens is 778 g/mol. The minimum absolute atomic E-state index is 0.000445. The van der Waals surface area contributed by atoms with E-state index in [2.05, 4.69) is 9.97 Å². The van der Waals surface area contributed by atoms with Gasteiger partial charge in [0, 0.05) is 68.1 Å². The molecule has 16 heteroatoms. The number of cyclic esters (lactones) is 1. The van der Waals surface area contributed by atoms with Crippen molar-refractivity contribution in [2.75, 3.05) is 27.2 Å². The maximum Gasteiger partial charge on any atom is 0.410 e. The zero-order valence-corrected chi connectivity index (χ0v) is 37.1. The number of rotatable bonds is 12. The Morgan fingerprint density at radius 1 is 1.05 bits per heavy atom. The highest BCUT2D eigenvalue weighted by Gasteiger charge is 2.61. The molecule has 0 aliphatic carbocycles. The number of likely N-dealkylation sites (N-methyl/N-ethyl adjacent to an activating group) is 1. The lowest BCUT2D eigenvalue weighted by atomic mass is 9.73. The van der Waals surface area contributed by atoms with Crippen molar-refractivity contribution in [1.29, 1.82) is 0 Å². The first kappa shape index (κ1) is 47.2. The Morgan fingerprint density at radius 2 is 1.75 bits per heavy atom. The molecular formula is C44H66FN5O10. The molecule has 3 aliphatic rings. The first-order valence-electron chi connectivity index (χ1n) is 21.4. The molecule has 0 spiro atoms. The monoisotopic (exact) mass is 843 g/mol. The van der Waals surface area contributed by atoms with Gasteiger partial charge < -0.3 is 43.2 Å². The maximum atomic E-state index is 16.9. The van der Waals surface area contributed by atoms with E-state index in [0.717, 1.165) is 18.2 Å². The Labute approximate surface area is 353 Å². The number of fused-ring (bicyclic) bond motifs is 1. The Kier molecular flexibility index (Phi) is 15.0. The maximum absolute atomic E-state index is 16.9. The largest absolute Gasteiger partial charge is 0.455 e. The fourth-order valence-corrected chi connectivity index (χ4v) is 9.59. The highest BCUT2D eigenvalue weighted by Crippen LogP contribution is 2.44. The minimum Gasteiger partial charge on any atom is -0.455 e. The van der Waals surface area contributed by atoms with Gasteiger partial charge in [-0.25, -0.2) is 19.0 Å². The van der Waals surface area contributed by atoms with Gasteiger partial charge in [-0.3, -0.25) is 14.6 Å². The number of nitrogens with zero attached hydrogens (tertiary/aromatic N) is 5. The van der Waals surface area contributed by atoms with Crippen LogP contribution in [-0.4, -0.2) is 140 Å². The van der Waals surface area contributed by atoms with E-state index >= 15 is 4.39 Å². The van der Waals surface area contributed by atoms with Gasteiger partial charge in [-0.15, -0.1) is 0 Å². The van der Waals surface area contributed by atoms with Crippen LogP contribution in [0.4, 0.5) is 9.18 Å². The summed E-state index contributed by atoms with van der Waals surface area (Å²) in [6.45, 7) is 16.0. The van der Waals surface area contributed by atoms with Crippen LogP contribution in [0, 0.1) is 17.8 Å². The molecule has 13 atom stereocenters. The van der Waals surface area contributed by atoms with E-state index in [1.54, 1.807) is 53.3 Å². The van der Waals surface area contributed by atoms with Gasteiger partial charge in [0.15, 0.2) is 17.7 Å². The van der Waals surface area contributed by atoms with Crippen molar-refractivity contribution < 1.29 is 52.4 Å². The molecule has 3 saturated heterocycles. The normalized spacial score (nSPS) is 37.1. The Balaban J connectivity index is 1.46. The van der Waals surface area contributed by atoms with Crippen LogP contribution >= 0.6 is 0 Å². The number of aromatic nitrogens is 3. The number of carbonyl (C=O) groups excluding carboxylic acids is 4. The molecule has 1 unspecified atom stereocenters. The molecule has 1 amide bonds.